The van der Waals surface area contributed by atoms with E-state index in [0.29, 0.717) is 17.3 Å². The lowest BCUT2D eigenvalue weighted by atomic mass is 9.95. The van der Waals surface area contributed by atoms with E-state index >= 15 is 0 Å². The van der Waals surface area contributed by atoms with Crippen molar-refractivity contribution in [2.75, 3.05) is 36.7 Å². The minimum Gasteiger partial charge on any atom is -0.494 e. The second-order valence-electron chi connectivity index (χ2n) is 8.62. The van der Waals surface area contributed by atoms with E-state index < -0.39 is 12.9 Å². The number of aromatic nitrogens is 5. The number of anilines is 4. The van der Waals surface area contributed by atoms with Crippen molar-refractivity contribution in [2.24, 2.45) is 13.0 Å². The van der Waals surface area contributed by atoms with E-state index in [-0.39, 0.29) is 35.1 Å². The quantitative estimate of drug-likeness (QED) is 0.485. The first kappa shape index (κ1) is 19.1. The molecule has 0 spiro atoms. The second kappa shape index (κ2) is 8.53. The molecule has 3 aromatic rings. The number of nitrogens with zero attached hydrogens (tertiary/aromatic N) is 6. The second-order valence-corrected chi connectivity index (χ2v) is 8.62. The first-order valence-electron chi connectivity index (χ1n) is 12.6. The van der Waals surface area contributed by atoms with Crippen LogP contribution in [0.5, 0.6) is 5.75 Å². The maximum atomic E-state index is 12.8. The first-order chi connectivity index (χ1) is 18.0. The monoisotopic (exact) mass is 480 g/mol. The van der Waals surface area contributed by atoms with Gasteiger partial charge >= 0.3 is 0 Å². The number of rotatable bonds is 6. The molecular formula is C23H27N9O3. The summed E-state index contributed by atoms with van der Waals surface area (Å²) < 4.78 is 29.6. The summed E-state index contributed by atoms with van der Waals surface area (Å²) in [6, 6.07) is 1.32. The highest BCUT2D eigenvalue weighted by atomic mass is 16.5. The van der Waals surface area contributed by atoms with Crippen molar-refractivity contribution < 1.29 is 18.4 Å². The summed E-state index contributed by atoms with van der Waals surface area (Å²) in [6.07, 6.45) is 5.05. The Balaban J connectivity index is 1.61. The zero-order valence-corrected chi connectivity index (χ0v) is 19.7. The van der Waals surface area contributed by atoms with Gasteiger partial charge in [-0.05, 0) is 19.8 Å². The molecule has 12 nitrogen and oxygen atoms in total. The number of aryl methyl sites for hydroxylation is 1. The number of carbonyl (C=O) groups is 2. The summed E-state index contributed by atoms with van der Waals surface area (Å²) in [5.41, 5.74) is 3.02. The number of hydrogen-bond acceptors (Lipinski definition) is 9. The Morgan fingerprint density at radius 3 is 2.77 bits per heavy atom. The smallest absolute Gasteiger partial charge is 0.273 e. The van der Waals surface area contributed by atoms with E-state index in [9.17, 15) is 9.59 Å². The normalized spacial score (nSPS) is 17.9. The van der Waals surface area contributed by atoms with Crippen molar-refractivity contribution in [1.82, 2.24) is 30.3 Å². The number of ether oxygens (including phenoxy) is 1. The Labute approximate surface area is 206 Å². The number of hydrogen-bond donors (Lipinski definition) is 3. The molecular weight excluding hydrogens is 450 g/mol. The van der Waals surface area contributed by atoms with Gasteiger partial charge in [-0.3, -0.25) is 14.3 Å². The molecule has 1 fully saturated rings. The van der Waals surface area contributed by atoms with Gasteiger partial charge in [-0.25, -0.2) is 4.98 Å². The summed E-state index contributed by atoms with van der Waals surface area (Å²) in [4.78, 5) is 31.7. The van der Waals surface area contributed by atoms with Gasteiger partial charge in [0.05, 0.1) is 42.0 Å². The molecule has 0 unspecified atom stereocenters. The molecule has 0 aromatic carbocycles. The molecule has 3 N–H and O–H groups in total. The first-order valence-corrected chi connectivity index (χ1v) is 11.1. The molecule has 2 amide bonds. The van der Waals surface area contributed by atoms with E-state index in [4.69, 9.17) is 8.85 Å². The lowest BCUT2D eigenvalue weighted by Gasteiger charge is -2.34. The Morgan fingerprint density at radius 2 is 2.06 bits per heavy atom. The molecule has 0 saturated heterocycles. The molecule has 0 bridgehead atoms. The Kier molecular flexibility index (Phi) is 4.66. The van der Waals surface area contributed by atoms with Gasteiger partial charge < -0.3 is 25.6 Å². The molecule has 1 atom stereocenters. The third-order valence-corrected chi connectivity index (χ3v) is 6.27. The molecule has 4 heterocycles. The van der Waals surface area contributed by atoms with Crippen molar-refractivity contribution in [2.45, 2.75) is 25.8 Å². The number of amides is 2. The van der Waals surface area contributed by atoms with Crippen LogP contribution in [0.2, 0.25) is 0 Å². The lowest BCUT2D eigenvalue weighted by molar-refractivity contribution is -0.117. The van der Waals surface area contributed by atoms with Crippen LogP contribution in [0, 0.1) is 5.92 Å². The summed E-state index contributed by atoms with van der Waals surface area (Å²) in [6.45, 7) is -0.731. The fraction of sp³-hybridized carbons (Fsp3) is 0.391. The molecule has 0 radical (unpaired) electrons. The molecule has 1 aliphatic heterocycles. The van der Waals surface area contributed by atoms with Crippen LogP contribution >= 0.6 is 0 Å². The molecule has 182 valence electrons. The third-order valence-electron chi connectivity index (χ3n) is 6.27. The maximum absolute atomic E-state index is 12.8. The van der Waals surface area contributed by atoms with E-state index in [1.807, 2.05) is 37.4 Å². The Morgan fingerprint density at radius 1 is 1.26 bits per heavy atom. The van der Waals surface area contributed by atoms with Crippen LogP contribution in [0.1, 0.15) is 46.1 Å². The van der Waals surface area contributed by atoms with Crippen molar-refractivity contribution in [1.29, 1.82) is 0 Å². The van der Waals surface area contributed by atoms with Crippen LogP contribution in [-0.4, -0.2) is 57.9 Å². The Bertz CT molecular complexity index is 1440. The third kappa shape index (κ3) is 3.90. The minimum atomic E-state index is -2.74. The van der Waals surface area contributed by atoms with Gasteiger partial charge in [0.25, 0.3) is 5.91 Å². The van der Waals surface area contributed by atoms with Crippen LogP contribution in [0.15, 0.2) is 18.5 Å². The van der Waals surface area contributed by atoms with Gasteiger partial charge in [0, 0.05) is 48.9 Å². The number of carbonyl (C=O) groups excluding carboxylic acids is 2. The maximum Gasteiger partial charge on any atom is 0.273 e. The summed E-state index contributed by atoms with van der Waals surface area (Å²) >= 11 is 0. The Hall–Kier alpha value is -4.22. The predicted octanol–water partition coefficient (Wildman–Crippen LogP) is 2.24. The van der Waals surface area contributed by atoms with Gasteiger partial charge in [-0.2, -0.15) is 5.10 Å². The number of fused-ring (bicyclic) bond motifs is 3. The van der Waals surface area contributed by atoms with E-state index in [0.717, 1.165) is 29.7 Å². The van der Waals surface area contributed by atoms with Crippen LogP contribution in [0.25, 0.3) is 11.1 Å². The van der Waals surface area contributed by atoms with E-state index in [1.54, 1.807) is 18.0 Å². The van der Waals surface area contributed by atoms with Gasteiger partial charge in [0.2, 0.25) is 5.91 Å². The number of methoxy groups -OCH3 is 1. The molecule has 2 aliphatic rings. The molecule has 5 rings (SSSR count). The van der Waals surface area contributed by atoms with Crippen LogP contribution in [-0.2, 0) is 11.8 Å². The van der Waals surface area contributed by atoms with Gasteiger partial charge in [-0.15, -0.1) is 10.2 Å². The van der Waals surface area contributed by atoms with Crippen molar-refractivity contribution in [3.05, 3.63) is 29.8 Å². The minimum absolute atomic E-state index is 0.0779. The fourth-order valence-electron chi connectivity index (χ4n) is 4.19. The zero-order chi connectivity index (χ0) is 27.4. The SMILES string of the molecule is [2H]C([2H])([2H])NC(=O)c1nnc(NC(=O)C2CC2)cc1Nc1ncc(OC)c2c1N(C)[C@@H](C)c1nn(C)cc1-2. The molecule has 12 heteroatoms. The molecule has 35 heavy (non-hydrogen) atoms. The van der Waals surface area contributed by atoms with Crippen molar-refractivity contribution >= 4 is 34.8 Å². The predicted molar refractivity (Wildman–Crippen MR) is 130 cm³/mol. The number of nitrogens with one attached hydrogen (secondary N) is 3. The van der Waals surface area contributed by atoms with Crippen LogP contribution < -0.4 is 25.6 Å². The van der Waals surface area contributed by atoms with E-state index in [1.165, 1.54) is 6.07 Å². The topological polar surface area (TPSA) is 139 Å². The summed E-state index contributed by atoms with van der Waals surface area (Å²) in [7, 11) is 5.28. The average molecular weight is 481 g/mol. The van der Waals surface area contributed by atoms with Crippen LogP contribution in [0.3, 0.4) is 0 Å². The standard InChI is InChI=1S/C23H27N9O3/c1-11-18-13(10-31(3)30-18)17-15(35-5)9-25-21(20(17)32(11)4)26-14-8-16(27-22(33)12-6-7-12)28-29-19(14)23(34)24-2/h8-12H,6-7H2,1-5H3,(H,24,34)(H2,25,26,27,28,33)/t11-/m0/s1/i2D3. The largest absolute Gasteiger partial charge is 0.494 e. The molecule has 1 aliphatic carbocycles. The van der Waals surface area contributed by atoms with Gasteiger partial charge in [0.15, 0.2) is 17.3 Å². The van der Waals surface area contributed by atoms with E-state index in [2.05, 4.69) is 30.9 Å². The van der Waals surface area contributed by atoms with Crippen molar-refractivity contribution in [3.8, 4) is 16.9 Å². The zero-order valence-electron chi connectivity index (χ0n) is 22.7. The fourth-order valence-corrected chi connectivity index (χ4v) is 4.19. The highest BCUT2D eigenvalue weighted by Gasteiger charge is 2.34. The van der Waals surface area contributed by atoms with Gasteiger partial charge in [0.1, 0.15) is 5.75 Å². The summed E-state index contributed by atoms with van der Waals surface area (Å²) in [5.74, 6) is -0.218. The summed E-state index contributed by atoms with van der Waals surface area (Å²) in [5, 5.41) is 20.2. The van der Waals surface area contributed by atoms with Crippen molar-refractivity contribution in [3.63, 3.8) is 0 Å². The molecule has 3 aromatic heterocycles. The lowest BCUT2D eigenvalue weighted by Crippen LogP contribution is -2.28. The highest BCUT2D eigenvalue weighted by molar-refractivity contribution is 6.01. The highest BCUT2D eigenvalue weighted by Crippen LogP contribution is 2.50. The number of pyridine rings is 1. The van der Waals surface area contributed by atoms with Gasteiger partial charge in [-0.1, -0.05) is 0 Å². The van der Waals surface area contributed by atoms with Crippen LogP contribution in [0.4, 0.5) is 23.0 Å². The average Bonchev–Trinajstić information content (AvgIpc) is 3.62. The molecule has 1 saturated carbocycles.